The van der Waals surface area contributed by atoms with Crippen LogP contribution in [0.5, 0.6) is 0 Å². The molecule has 0 aromatic heterocycles. The van der Waals surface area contributed by atoms with Crippen LogP contribution in [-0.2, 0) is 4.79 Å². The van der Waals surface area contributed by atoms with Gasteiger partial charge in [0.1, 0.15) is 0 Å². The first-order chi connectivity index (χ1) is 6.58. The van der Waals surface area contributed by atoms with E-state index >= 15 is 0 Å². The fourth-order valence-electron chi connectivity index (χ4n) is 1.39. The topological polar surface area (TPSA) is 43.8 Å². The summed E-state index contributed by atoms with van der Waals surface area (Å²) in [5, 5.41) is 9.11. The van der Waals surface area contributed by atoms with Gasteiger partial charge in [0.2, 0.25) is 0 Å². The van der Waals surface area contributed by atoms with Gasteiger partial charge in [-0.2, -0.15) is 0 Å². The van der Waals surface area contributed by atoms with Crippen molar-refractivity contribution in [1.29, 1.82) is 0 Å². The molecule has 0 saturated heterocycles. The van der Waals surface area contributed by atoms with Crippen molar-refractivity contribution in [3.8, 4) is 0 Å². The van der Waals surface area contributed by atoms with Gasteiger partial charge >= 0.3 is 5.97 Å². The van der Waals surface area contributed by atoms with Gasteiger partial charge in [-0.15, -0.1) is 0 Å². The summed E-state index contributed by atoms with van der Waals surface area (Å²) in [6, 6.07) is 0. The van der Waals surface area contributed by atoms with Gasteiger partial charge in [-0.1, -0.05) is 32.7 Å². The van der Waals surface area contributed by atoms with Crippen LogP contribution in [-0.4, -0.2) is 52.3 Å². The van der Waals surface area contributed by atoms with Crippen LogP contribution in [0.3, 0.4) is 0 Å². The molecule has 0 radical (unpaired) electrons. The average molecular weight is 220 g/mol. The fraction of sp³-hybridized carbons (Fsp3) is 0.889. The van der Waals surface area contributed by atoms with Crippen molar-refractivity contribution in [1.82, 2.24) is 9.21 Å². The predicted molar refractivity (Wildman–Crippen MR) is 60.2 cm³/mol. The van der Waals surface area contributed by atoms with Crippen molar-refractivity contribution in [2.24, 2.45) is 0 Å². The molecular weight excluding hydrogens is 200 g/mol. The van der Waals surface area contributed by atoms with Gasteiger partial charge in [0.05, 0.1) is 0 Å². The zero-order chi connectivity index (χ0) is 11.1. The summed E-state index contributed by atoms with van der Waals surface area (Å²) in [5.41, 5.74) is 0. The number of carboxylic acids is 1. The van der Waals surface area contributed by atoms with Gasteiger partial charge in [-0.25, -0.2) is 9.10 Å². The molecule has 0 spiro atoms. The lowest BCUT2D eigenvalue weighted by molar-refractivity contribution is -0.147. The normalized spacial score (nSPS) is 13.6. The number of carbonyl (C=O) groups is 1. The minimum atomic E-state index is -0.780. The summed E-state index contributed by atoms with van der Waals surface area (Å²) in [4.78, 5) is 13.0. The maximum atomic E-state index is 11.1. The van der Waals surface area contributed by atoms with Gasteiger partial charge in [0.25, 0.3) is 0 Å². The van der Waals surface area contributed by atoms with Crippen LogP contribution in [0.1, 0.15) is 20.8 Å². The molecule has 5 heteroatoms. The van der Waals surface area contributed by atoms with Crippen molar-refractivity contribution in [2.45, 2.75) is 26.9 Å². The van der Waals surface area contributed by atoms with Crippen LogP contribution in [0, 0.1) is 0 Å². The van der Waals surface area contributed by atoms with E-state index in [0.717, 1.165) is 18.8 Å². The largest absolute Gasteiger partial charge is 0.479 e. The SMILES string of the molecule is CCSN(C)[C@H](C(=O)O)N(CC)CC. The standard InChI is InChI=1S/C9H20N2O2S/c1-5-11(6-2)8(9(12)13)10(4)14-7-3/h8H,5-7H2,1-4H3,(H,12,13)/t8-/m0/s1. The predicted octanol–water partition coefficient (Wildman–Crippen LogP) is 1.34. The molecule has 0 amide bonds. The molecule has 0 fully saturated rings. The number of hydrogen-bond donors (Lipinski definition) is 1. The minimum absolute atomic E-state index is 0.519. The number of nitrogens with zero attached hydrogens (tertiary/aromatic N) is 2. The Kier molecular flexibility index (Phi) is 6.96. The van der Waals surface area contributed by atoms with Crippen molar-refractivity contribution >= 4 is 17.9 Å². The molecule has 1 atom stereocenters. The Morgan fingerprint density at radius 1 is 1.36 bits per heavy atom. The van der Waals surface area contributed by atoms with E-state index < -0.39 is 12.1 Å². The van der Waals surface area contributed by atoms with Crippen LogP contribution in [0.15, 0.2) is 0 Å². The molecule has 0 rings (SSSR count). The van der Waals surface area contributed by atoms with Gasteiger partial charge < -0.3 is 5.11 Å². The third kappa shape index (κ3) is 3.86. The molecule has 14 heavy (non-hydrogen) atoms. The van der Waals surface area contributed by atoms with E-state index in [9.17, 15) is 4.79 Å². The lowest BCUT2D eigenvalue weighted by Gasteiger charge is -2.32. The van der Waals surface area contributed by atoms with E-state index in [-0.39, 0.29) is 0 Å². The van der Waals surface area contributed by atoms with Crippen molar-refractivity contribution in [2.75, 3.05) is 25.9 Å². The average Bonchev–Trinajstić information content (AvgIpc) is 2.13. The summed E-state index contributed by atoms with van der Waals surface area (Å²) in [5.74, 6) is 0.110. The van der Waals surface area contributed by atoms with Crippen LogP contribution in [0.4, 0.5) is 0 Å². The maximum Gasteiger partial charge on any atom is 0.336 e. The molecule has 0 saturated carbocycles. The highest BCUT2D eigenvalue weighted by Gasteiger charge is 2.27. The highest BCUT2D eigenvalue weighted by Crippen LogP contribution is 2.14. The molecule has 0 bridgehead atoms. The van der Waals surface area contributed by atoms with E-state index in [2.05, 4.69) is 0 Å². The molecule has 0 aromatic rings. The Morgan fingerprint density at radius 2 is 1.86 bits per heavy atom. The number of carboxylic acid groups (broad SMARTS) is 1. The molecular formula is C9H20N2O2S. The number of rotatable bonds is 7. The highest BCUT2D eigenvalue weighted by atomic mass is 32.2. The second-order valence-corrected chi connectivity index (χ2v) is 4.31. The molecule has 0 unspecified atom stereocenters. The van der Waals surface area contributed by atoms with Crippen LogP contribution < -0.4 is 0 Å². The Labute approximate surface area is 90.4 Å². The number of aliphatic carboxylic acids is 1. The third-order valence-corrected chi connectivity index (χ3v) is 2.92. The van der Waals surface area contributed by atoms with Gasteiger partial charge in [-0.3, -0.25) is 4.90 Å². The van der Waals surface area contributed by atoms with Gasteiger partial charge in [0.15, 0.2) is 6.17 Å². The first-order valence-electron chi connectivity index (χ1n) is 4.91. The molecule has 0 aliphatic rings. The minimum Gasteiger partial charge on any atom is -0.479 e. The van der Waals surface area contributed by atoms with E-state index in [0.29, 0.717) is 0 Å². The Hall–Kier alpha value is -0.260. The second kappa shape index (κ2) is 7.09. The monoisotopic (exact) mass is 220 g/mol. The van der Waals surface area contributed by atoms with Crippen molar-refractivity contribution in [3.05, 3.63) is 0 Å². The van der Waals surface area contributed by atoms with Crippen LogP contribution >= 0.6 is 11.9 Å². The second-order valence-electron chi connectivity index (χ2n) is 2.90. The molecule has 0 aliphatic heterocycles. The highest BCUT2D eigenvalue weighted by molar-refractivity contribution is 7.97. The first-order valence-corrected chi connectivity index (χ1v) is 5.85. The number of likely N-dealkylation sites (N-methyl/N-ethyl adjacent to an activating group) is 2. The number of hydrogen-bond acceptors (Lipinski definition) is 4. The summed E-state index contributed by atoms with van der Waals surface area (Å²) in [6.07, 6.45) is -0.519. The first kappa shape index (κ1) is 13.7. The fourth-order valence-corrected chi connectivity index (χ4v) is 2.16. The Bertz CT molecular complexity index is 174. The van der Waals surface area contributed by atoms with Crippen LogP contribution in [0.25, 0.3) is 0 Å². The van der Waals surface area contributed by atoms with Gasteiger partial charge in [0, 0.05) is 5.75 Å². The molecule has 0 aromatic carbocycles. The van der Waals surface area contributed by atoms with Crippen molar-refractivity contribution < 1.29 is 9.90 Å². The smallest absolute Gasteiger partial charge is 0.336 e. The molecule has 0 heterocycles. The lowest BCUT2D eigenvalue weighted by atomic mass is 10.4. The zero-order valence-electron chi connectivity index (χ0n) is 9.36. The summed E-state index contributed by atoms with van der Waals surface area (Å²) < 4.78 is 1.80. The van der Waals surface area contributed by atoms with Crippen LogP contribution in [0.2, 0.25) is 0 Å². The Morgan fingerprint density at radius 3 is 2.14 bits per heavy atom. The van der Waals surface area contributed by atoms with E-state index in [1.54, 1.807) is 4.31 Å². The summed E-state index contributed by atoms with van der Waals surface area (Å²) in [7, 11) is 1.82. The third-order valence-electron chi connectivity index (χ3n) is 2.06. The molecule has 84 valence electrons. The maximum absolute atomic E-state index is 11.1. The molecule has 1 N–H and O–H groups in total. The quantitative estimate of drug-likeness (QED) is 0.518. The summed E-state index contributed by atoms with van der Waals surface area (Å²) >= 11 is 1.54. The van der Waals surface area contributed by atoms with Gasteiger partial charge in [-0.05, 0) is 20.1 Å². The van der Waals surface area contributed by atoms with Crippen molar-refractivity contribution in [3.63, 3.8) is 0 Å². The lowest BCUT2D eigenvalue weighted by Crippen LogP contribution is -2.49. The molecule has 4 nitrogen and oxygen atoms in total. The van der Waals surface area contributed by atoms with E-state index in [1.807, 2.05) is 32.7 Å². The van der Waals surface area contributed by atoms with E-state index in [1.165, 1.54) is 11.9 Å². The summed E-state index contributed by atoms with van der Waals surface area (Å²) in [6.45, 7) is 7.47. The zero-order valence-corrected chi connectivity index (χ0v) is 10.2. The Balaban J connectivity index is 4.47. The van der Waals surface area contributed by atoms with E-state index in [4.69, 9.17) is 5.11 Å². The molecule has 0 aliphatic carbocycles.